The molecule has 0 spiro atoms. The number of carbonyl (C=O) groups excluding carboxylic acids is 2. The number of alkyl halides is 1. The summed E-state index contributed by atoms with van der Waals surface area (Å²) in [6.07, 6.45) is 5.06. The number of unbranched alkanes of at least 4 members (excludes halogenated alkanes) is 2. The Morgan fingerprint density at radius 2 is 2.06 bits per heavy atom. The number of halogens is 1. The van der Waals surface area contributed by atoms with Gasteiger partial charge in [-0.15, -0.1) is 0 Å². The van der Waals surface area contributed by atoms with Crippen LogP contribution in [0.4, 0.5) is 0 Å². The highest BCUT2D eigenvalue weighted by Crippen LogP contribution is 2.23. The predicted molar refractivity (Wildman–Crippen MR) is 69.0 cm³/mol. The number of hydrogen-bond donors (Lipinski definition) is 0. The first-order chi connectivity index (χ1) is 8.24. The van der Waals surface area contributed by atoms with Crippen molar-refractivity contribution in [3.63, 3.8) is 0 Å². The van der Waals surface area contributed by atoms with Gasteiger partial charge in [0.05, 0.1) is 6.54 Å². The highest BCUT2D eigenvalue weighted by atomic mass is 79.9. The van der Waals surface area contributed by atoms with E-state index in [1.807, 2.05) is 0 Å². The smallest absolute Gasteiger partial charge is 0.245 e. The van der Waals surface area contributed by atoms with Gasteiger partial charge in [0.1, 0.15) is 6.04 Å². The van der Waals surface area contributed by atoms with Gasteiger partial charge < -0.3 is 9.80 Å². The maximum absolute atomic E-state index is 12.1. The standard InChI is InChI=1S/C12H19BrN2O2/c13-6-2-1-3-7-14-9-11(16)15-8-4-5-10(15)12(14)17/h10H,1-9H2. The van der Waals surface area contributed by atoms with E-state index in [0.29, 0.717) is 6.54 Å². The van der Waals surface area contributed by atoms with Crippen molar-refractivity contribution in [2.45, 2.75) is 38.1 Å². The van der Waals surface area contributed by atoms with Gasteiger partial charge in [0, 0.05) is 18.4 Å². The molecule has 2 saturated heterocycles. The lowest BCUT2D eigenvalue weighted by atomic mass is 10.1. The highest BCUT2D eigenvalue weighted by Gasteiger charge is 2.41. The van der Waals surface area contributed by atoms with Crippen molar-refractivity contribution < 1.29 is 9.59 Å². The summed E-state index contributed by atoms with van der Waals surface area (Å²) in [7, 11) is 0. The lowest BCUT2D eigenvalue weighted by Crippen LogP contribution is -2.57. The van der Waals surface area contributed by atoms with Gasteiger partial charge in [0.15, 0.2) is 0 Å². The Hall–Kier alpha value is -0.580. The number of carbonyl (C=O) groups is 2. The Balaban J connectivity index is 1.86. The van der Waals surface area contributed by atoms with Gasteiger partial charge in [-0.25, -0.2) is 0 Å². The first-order valence-electron chi connectivity index (χ1n) is 6.38. The van der Waals surface area contributed by atoms with Crippen molar-refractivity contribution >= 4 is 27.7 Å². The summed E-state index contributed by atoms with van der Waals surface area (Å²) in [6.45, 7) is 1.80. The van der Waals surface area contributed by atoms with Gasteiger partial charge in [-0.1, -0.05) is 22.4 Å². The molecule has 0 bridgehead atoms. The molecule has 2 rings (SSSR count). The summed E-state index contributed by atoms with van der Waals surface area (Å²) in [6, 6.07) is -0.146. The van der Waals surface area contributed by atoms with E-state index in [9.17, 15) is 9.59 Å². The van der Waals surface area contributed by atoms with Crippen LogP contribution in [-0.2, 0) is 9.59 Å². The molecule has 2 aliphatic heterocycles. The molecule has 0 saturated carbocycles. The minimum Gasteiger partial charge on any atom is -0.332 e. The van der Waals surface area contributed by atoms with Gasteiger partial charge in [0.25, 0.3) is 0 Å². The molecule has 0 aliphatic carbocycles. The molecule has 1 atom stereocenters. The van der Waals surface area contributed by atoms with Crippen LogP contribution in [-0.4, -0.2) is 52.6 Å². The van der Waals surface area contributed by atoms with E-state index >= 15 is 0 Å². The van der Waals surface area contributed by atoms with Crippen LogP contribution in [0.2, 0.25) is 0 Å². The van der Waals surface area contributed by atoms with Crippen LogP contribution in [0, 0.1) is 0 Å². The minimum absolute atomic E-state index is 0.132. The molecule has 0 N–H and O–H groups in total. The van der Waals surface area contributed by atoms with Crippen molar-refractivity contribution in [3.05, 3.63) is 0 Å². The van der Waals surface area contributed by atoms with E-state index in [1.165, 1.54) is 0 Å². The normalized spacial score (nSPS) is 24.4. The van der Waals surface area contributed by atoms with Gasteiger partial charge in [0.2, 0.25) is 11.8 Å². The molecule has 1 unspecified atom stereocenters. The molecule has 4 nitrogen and oxygen atoms in total. The van der Waals surface area contributed by atoms with E-state index in [0.717, 1.165) is 50.5 Å². The fourth-order valence-electron chi connectivity index (χ4n) is 2.63. The Bertz CT molecular complexity index is 309. The van der Waals surface area contributed by atoms with E-state index in [1.54, 1.807) is 9.80 Å². The Labute approximate surface area is 110 Å². The topological polar surface area (TPSA) is 40.6 Å². The number of fused-ring (bicyclic) bond motifs is 1. The van der Waals surface area contributed by atoms with Crippen LogP contribution in [0.3, 0.4) is 0 Å². The van der Waals surface area contributed by atoms with Crippen LogP contribution in [0.1, 0.15) is 32.1 Å². The largest absolute Gasteiger partial charge is 0.332 e. The molecule has 0 aromatic carbocycles. The number of nitrogens with zero attached hydrogens (tertiary/aromatic N) is 2. The Kier molecular flexibility index (Phi) is 4.42. The molecule has 2 heterocycles. The van der Waals surface area contributed by atoms with E-state index in [2.05, 4.69) is 15.9 Å². The van der Waals surface area contributed by atoms with Crippen LogP contribution in [0.15, 0.2) is 0 Å². The Morgan fingerprint density at radius 3 is 2.82 bits per heavy atom. The lowest BCUT2D eigenvalue weighted by molar-refractivity contribution is -0.153. The van der Waals surface area contributed by atoms with Gasteiger partial charge in [-0.2, -0.15) is 0 Å². The zero-order chi connectivity index (χ0) is 12.3. The summed E-state index contributed by atoms with van der Waals surface area (Å²) < 4.78 is 0. The third-order valence-electron chi connectivity index (χ3n) is 3.56. The zero-order valence-corrected chi connectivity index (χ0v) is 11.6. The molecule has 2 fully saturated rings. The third-order valence-corrected chi connectivity index (χ3v) is 4.12. The van der Waals surface area contributed by atoms with Crippen molar-refractivity contribution in [1.82, 2.24) is 9.80 Å². The van der Waals surface area contributed by atoms with E-state index < -0.39 is 0 Å². The number of amides is 2. The second kappa shape index (κ2) is 5.85. The maximum Gasteiger partial charge on any atom is 0.245 e. The third kappa shape index (κ3) is 2.81. The first-order valence-corrected chi connectivity index (χ1v) is 7.50. The fourth-order valence-corrected chi connectivity index (χ4v) is 3.02. The van der Waals surface area contributed by atoms with Crippen LogP contribution in [0.25, 0.3) is 0 Å². The highest BCUT2D eigenvalue weighted by molar-refractivity contribution is 9.09. The molecule has 17 heavy (non-hydrogen) atoms. The van der Waals surface area contributed by atoms with Crippen LogP contribution in [0.5, 0.6) is 0 Å². The quantitative estimate of drug-likeness (QED) is 0.569. The Morgan fingerprint density at radius 1 is 1.24 bits per heavy atom. The molecular formula is C12H19BrN2O2. The molecule has 0 radical (unpaired) electrons. The first kappa shape index (κ1) is 12.9. The van der Waals surface area contributed by atoms with Crippen molar-refractivity contribution in [2.24, 2.45) is 0 Å². The van der Waals surface area contributed by atoms with Crippen molar-refractivity contribution in [3.8, 4) is 0 Å². The van der Waals surface area contributed by atoms with E-state index in [-0.39, 0.29) is 17.9 Å². The molecular weight excluding hydrogens is 284 g/mol. The molecule has 96 valence electrons. The summed E-state index contributed by atoms with van der Waals surface area (Å²) in [5, 5.41) is 1.01. The van der Waals surface area contributed by atoms with Crippen LogP contribution < -0.4 is 0 Å². The van der Waals surface area contributed by atoms with Gasteiger partial charge >= 0.3 is 0 Å². The molecule has 2 aliphatic rings. The summed E-state index contributed by atoms with van der Waals surface area (Å²) in [5.74, 6) is 0.300. The van der Waals surface area contributed by atoms with Crippen molar-refractivity contribution in [2.75, 3.05) is 25.0 Å². The number of piperazine rings is 1. The summed E-state index contributed by atoms with van der Waals surface area (Å²) in [4.78, 5) is 27.5. The van der Waals surface area contributed by atoms with Gasteiger partial charge in [-0.05, 0) is 25.7 Å². The fraction of sp³-hybridized carbons (Fsp3) is 0.833. The minimum atomic E-state index is -0.146. The summed E-state index contributed by atoms with van der Waals surface area (Å²) >= 11 is 3.39. The molecule has 0 aromatic rings. The number of hydrogen-bond acceptors (Lipinski definition) is 2. The molecule has 5 heteroatoms. The maximum atomic E-state index is 12.1. The van der Waals surface area contributed by atoms with Crippen molar-refractivity contribution in [1.29, 1.82) is 0 Å². The van der Waals surface area contributed by atoms with E-state index in [4.69, 9.17) is 0 Å². The second-order valence-electron chi connectivity index (χ2n) is 4.75. The average molecular weight is 303 g/mol. The molecule has 2 amide bonds. The predicted octanol–water partition coefficient (Wildman–Crippen LogP) is 1.38. The number of rotatable bonds is 5. The SMILES string of the molecule is O=C1C2CCCN2C(=O)CN1CCCCCBr. The van der Waals surface area contributed by atoms with Crippen LogP contribution >= 0.6 is 15.9 Å². The summed E-state index contributed by atoms with van der Waals surface area (Å²) in [5.41, 5.74) is 0. The lowest BCUT2D eigenvalue weighted by Gasteiger charge is -2.36. The zero-order valence-electron chi connectivity index (χ0n) is 10.0. The van der Waals surface area contributed by atoms with Gasteiger partial charge in [-0.3, -0.25) is 9.59 Å². The second-order valence-corrected chi connectivity index (χ2v) is 5.55. The molecule has 0 aromatic heterocycles. The average Bonchev–Trinajstić information content (AvgIpc) is 2.80. The monoisotopic (exact) mass is 302 g/mol.